The van der Waals surface area contributed by atoms with Crippen LogP contribution in [0, 0.1) is 76.2 Å². The molecule has 0 amide bonds. The molecule has 0 aliphatic heterocycles. The largest absolute Gasteiger partial charge is 0.264 e. The first-order chi connectivity index (χ1) is 50.5. The molecule has 0 aliphatic carbocycles. The molecule has 14 rings (SSSR count). The molecule has 0 fully saturated rings. The Balaban J connectivity index is 0.000000140. The van der Waals surface area contributed by atoms with Gasteiger partial charge in [-0.2, -0.15) is 0 Å². The van der Waals surface area contributed by atoms with Crippen molar-refractivity contribution in [2.24, 2.45) is 28.2 Å². The van der Waals surface area contributed by atoms with Gasteiger partial charge in [-0.15, -0.1) is 0 Å². The van der Waals surface area contributed by atoms with Crippen LogP contribution in [0.1, 0.15) is 112 Å². The Bertz CT molecular complexity index is 5330. The van der Waals surface area contributed by atoms with Crippen LogP contribution in [0.4, 0.5) is 0 Å². The lowest BCUT2D eigenvalue weighted by molar-refractivity contribution is -0.660. The van der Waals surface area contributed by atoms with Crippen LogP contribution in [0.5, 0.6) is 0 Å². The number of rotatable bonds is 12. The smallest absolute Gasteiger partial charge is 0.214 e. The molecule has 8 aromatic heterocycles. The Kier molecular flexibility index (Phi) is 23.7. The number of pyridine rings is 8. The normalized spacial score (nSPS) is 11.0. The highest BCUT2D eigenvalue weighted by Gasteiger charge is 2.25. The number of hydrogen-bond donors (Lipinski definition) is 0. The van der Waals surface area contributed by atoms with Crippen LogP contribution in [-0.4, -0.2) is 19.9 Å². The second-order valence-corrected chi connectivity index (χ2v) is 28.7. The fourth-order valence-electron chi connectivity index (χ4n) is 15.0. The van der Waals surface area contributed by atoms with E-state index in [1.165, 1.54) is 167 Å². The minimum absolute atomic E-state index is 0.492. The fraction of sp³-hybridized carbons (Fsp3) is 0.216. The zero-order chi connectivity index (χ0) is 74.8. The maximum Gasteiger partial charge on any atom is 0.214 e. The summed E-state index contributed by atoms with van der Waals surface area (Å²) in [4.78, 5) is 17.7. The maximum atomic E-state index is 4.50. The molecule has 14 aromatic rings. The van der Waals surface area contributed by atoms with Crippen molar-refractivity contribution in [2.75, 3.05) is 0 Å². The van der Waals surface area contributed by atoms with E-state index in [2.05, 4.69) is 401 Å². The third-order valence-corrected chi connectivity index (χ3v) is 20.4. The Morgan fingerprint density at radius 2 is 0.543 bits per heavy atom. The quantitative estimate of drug-likeness (QED) is 0.114. The number of aryl methyl sites for hydroxylation is 15. The molecular weight excluding hydrogens is 1280 g/mol. The van der Waals surface area contributed by atoms with Crippen molar-refractivity contribution in [3.05, 3.63) is 335 Å². The first-order valence-electron chi connectivity index (χ1n) is 36.7. The van der Waals surface area contributed by atoms with Gasteiger partial charge in [0, 0.05) is 77.5 Å². The van der Waals surface area contributed by atoms with E-state index in [9.17, 15) is 0 Å². The number of hydrogen-bond acceptors (Lipinski definition) is 4. The van der Waals surface area contributed by atoms with E-state index in [-0.39, 0.29) is 0 Å². The summed E-state index contributed by atoms with van der Waals surface area (Å²) in [5, 5.41) is 0. The summed E-state index contributed by atoms with van der Waals surface area (Å²) in [6.45, 7) is 32.6. The molecule has 105 heavy (non-hydrogen) atoms. The standard InChI is InChI=1S/C26H25N2.C25H23N2.C25H31N2.C21H23N2/c1-18-9-8-12-23(21-10-6-5-7-11-21)26(18)22-13-14-24(28(4)17-22)25-19(2)15-16-27-20(25)3;1-18-14-15-26-16-23(18)24-13-12-21(17-27(24)3)25-19(2)8-7-11-22(25)20-9-5-4-6-10-20;1-16(2)21-9-8-10-22(17(3)4)25(21)20-11-12-23(27(7)15-20)24-18(5)13-14-26-19(24)6;1-14-7-6-8-15(2)20(14)18-9-10-19(23(5)13-18)21-16(3)11-12-22-17(21)4/h5-17H,1-4H3;4-17H,1-3H3;8-17H,1-7H3;6-13H,1-5H3/q4*+1. The summed E-state index contributed by atoms with van der Waals surface area (Å²) in [7, 11) is 8.47. The minimum Gasteiger partial charge on any atom is -0.264 e. The molecule has 0 aliphatic rings. The average Bonchev–Trinajstić information content (AvgIpc) is 0.791. The van der Waals surface area contributed by atoms with E-state index >= 15 is 0 Å². The topological polar surface area (TPSA) is 67.1 Å². The molecule has 8 heterocycles. The first kappa shape index (κ1) is 74.7. The van der Waals surface area contributed by atoms with Gasteiger partial charge in [0.15, 0.2) is 24.8 Å². The van der Waals surface area contributed by atoms with Crippen LogP contribution in [0.25, 0.3) is 112 Å². The van der Waals surface area contributed by atoms with E-state index in [1.807, 2.05) is 31.0 Å². The number of benzene rings is 6. The summed E-state index contributed by atoms with van der Waals surface area (Å²) >= 11 is 0. The molecule has 526 valence electrons. The highest BCUT2D eigenvalue weighted by molar-refractivity contribution is 5.87. The van der Waals surface area contributed by atoms with Crippen LogP contribution in [-0.2, 0) is 28.2 Å². The van der Waals surface area contributed by atoms with Gasteiger partial charge in [-0.1, -0.05) is 161 Å². The molecule has 0 bridgehead atoms. The lowest BCUT2D eigenvalue weighted by Crippen LogP contribution is -2.31. The van der Waals surface area contributed by atoms with Crippen molar-refractivity contribution in [1.29, 1.82) is 0 Å². The van der Waals surface area contributed by atoms with Gasteiger partial charge in [0.1, 0.15) is 28.2 Å². The SMILES string of the molecule is Cc1cccc(-c2ccccc2)c1-c1ccc(-c2c(C)ccnc2C)[n+](C)c1.Cc1cccc(C)c1-c1ccc(-c2c(C)ccnc2C)[n+](C)c1.Cc1ccnc(C)c1-c1ccc(-c2c(C(C)C)cccc2C(C)C)c[n+]1C.Cc1ccncc1-c1ccc(-c2c(C)cccc2-c2ccccc2)c[n+]1C. The summed E-state index contributed by atoms with van der Waals surface area (Å²) in [5.41, 5.74) is 41.1. The highest BCUT2D eigenvalue weighted by Crippen LogP contribution is 2.40. The van der Waals surface area contributed by atoms with Gasteiger partial charge in [-0.05, 0) is 237 Å². The van der Waals surface area contributed by atoms with E-state index in [0.717, 1.165) is 17.1 Å². The van der Waals surface area contributed by atoms with E-state index in [1.54, 1.807) is 0 Å². The van der Waals surface area contributed by atoms with E-state index in [4.69, 9.17) is 0 Å². The van der Waals surface area contributed by atoms with Crippen LogP contribution in [0.2, 0.25) is 0 Å². The maximum absolute atomic E-state index is 4.50. The molecule has 0 unspecified atom stereocenters. The molecule has 6 aromatic carbocycles. The van der Waals surface area contributed by atoms with E-state index < -0.39 is 0 Å². The predicted molar refractivity (Wildman–Crippen MR) is 436 cm³/mol. The Morgan fingerprint density at radius 3 is 0.886 bits per heavy atom. The third-order valence-electron chi connectivity index (χ3n) is 20.4. The summed E-state index contributed by atoms with van der Waals surface area (Å²) in [6, 6.07) is 73.5. The van der Waals surface area contributed by atoms with Crippen LogP contribution in [0.3, 0.4) is 0 Å². The van der Waals surface area contributed by atoms with Crippen LogP contribution in [0.15, 0.2) is 262 Å². The summed E-state index contributed by atoms with van der Waals surface area (Å²) in [5.74, 6) is 0.984. The summed E-state index contributed by atoms with van der Waals surface area (Å²) in [6.07, 6.45) is 18.4. The van der Waals surface area contributed by atoms with E-state index in [0.29, 0.717) is 11.8 Å². The Morgan fingerprint density at radius 1 is 0.238 bits per heavy atom. The average molecular weight is 1380 g/mol. The summed E-state index contributed by atoms with van der Waals surface area (Å²) < 4.78 is 8.86. The molecule has 0 saturated carbocycles. The molecule has 0 radical (unpaired) electrons. The van der Waals surface area contributed by atoms with Crippen molar-refractivity contribution in [3.63, 3.8) is 0 Å². The molecule has 0 atom stereocenters. The highest BCUT2D eigenvalue weighted by atomic mass is 14.9. The van der Waals surface area contributed by atoms with Crippen molar-refractivity contribution in [3.8, 4) is 112 Å². The van der Waals surface area contributed by atoms with Gasteiger partial charge in [0.05, 0.1) is 39.3 Å². The van der Waals surface area contributed by atoms with Crippen molar-refractivity contribution < 1.29 is 18.3 Å². The van der Waals surface area contributed by atoms with Crippen molar-refractivity contribution in [1.82, 2.24) is 19.9 Å². The number of nitrogens with zero attached hydrogens (tertiary/aromatic N) is 8. The van der Waals surface area contributed by atoms with Gasteiger partial charge in [0.25, 0.3) is 0 Å². The van der Waals surface area contributed by atoms with Crippen LogP contribution < -0.4 is 18.3 Å². The zero-order valence-electron chi connectivity index (χ0n) is 65.1. The number of aromatic nitrogens is 8. The first-order valence-corrected chi connectivity index (χ1v) is 36.7. The predicted octanol–water partition coefficient (Wildman–Crippen LogP) is 21.9. The lowest BCUT2D eigenvalue weighted by Gasteiger charge is -2.19. The van der Waals surface area contributed by atoms with Gasteiger partial charge >= 0.3 is 0 Å². The molecule has 0 N–H and O–H groups in total. The fourth-order valence-corrected chi connectivity index (χ4v) is 15.0. The molecule has 0 spiro atoms. The molecular formula is C97H102N8+4. The third kappa shape index (κ3) is 16.6. The zero-order valence-corrected chi connectivity index (χ0v) is 65.1. The van der Waals surface area contributed by atoms with Gasteiger partial charge < -0.3 is 0 Å². The Hall–Kier alpha value is -11.5. The van der Waals surface area contributed by atoms with Crippen LogP contribution >= 0.6 is 0 Å². The Labute approximate surface area is 624 Å². The van der Waals surface area contributed by atoms with Gasteiger partial charge in [-0.3, -0.25) is 19.9 Å². The van der Waals surface area contributed by atoms with Gasteiger partial charge in [0.2, 0.25) is 22.8 Å². The molecule has 8 heteroatoms. The van der Waals surface area contributed by atoms with Gasteiger partial charge in [-0.25, -0.2) is 18.3 Å². The second-order valence-electron chi connectivity index (χ2n) is 28.7. The second kappa shape index (κ2) is 33.3. The monoisotopic (exact) mass is 1380 g/mol. The lowest BCUT2D eigenvalue weighted by atomic mass is 9.85. The van der Waals surface area contributed by atoms with Crippen molar-refractivity contribution in [2.45, 2.75) is 116 Å². The minimum atomic E-state index is 0.492. The molecule has 8 nitrogen and oxygen atoms in total. The molecule has 0 saturated heterocycles. The van der Waals surface area contributed by atoms with Crippen molar-refractivity contribution >= 4 is 0 Å².